The molecule has 110 valence electrons. The van der Waals surface area contributed by atoms with E-state index in [2.05, 4.69) is 62.6 Å². The maximum atomic E-state index is 6.33. The van der Waals surface area contributed by atoms with Crippen LogP contribution in [0, 0.1) is 0 Å². The smallest absolute Gasteiger partial charge is 0.0865 e. The molecule has 0 amide bonds. The zero-order valence-corrected chi connectivity index (χ0v) is 14.4. The number of benzene rings is 1. The molecule has 1 aliphatic rings. The zero-order chi connectivity index (χ0) is 14.6. The van der Waals surface area contributed by atoms with Crippen LogP contribution in [0.2, 0.25) is 19.6 Å². The van der Waals surface area contributed by atoms with E-state index in [1.54, 1.807) is 5.57 Å². The highest BCUT2D eigenvalue weighted by molar-refractivity contribution is 6.81. The molecule has 0 aliphatic carbocycles. The molecule has 0 aromatic heterocycles. The minimum absolute atomic E-state index is 0.254. The summed E-state index contributed by atoms with van der Waals surface area (Å²) >= 11 is 0. The fourth-order valence-corrected chi connectivity index (χ4v) is 4.49. The van der Waals surface area contributed by atoms with Gasteiger partial charge in [-0.3, -0.25) is 0 Å². The van der Waals surface area contributed by atoms with Crippen molar-refractivity contribution in [2.45, 2.75) is 64.5 Å². The zero-order valence-electron chi connectivity index (χ0n) is 13.4. The van der Waals surface area contributed by atoms with E-state index in [-0.39, 0.29) is 6.10 Å². The second-order valence-corrected chi connectivity index (χ2v) is 12.0. The van der Waals surface area contributed by atoms with Gasteiger partial charge < -0.3 is 4.74 Å². The molecular weight excluding hydrogens is 260 g/mol. The molecule has 0 N–H and O–H groups in total. The summed E-state index contributed by atoms with van der Waals surface area (Å²) in [6.07, 6.45) is 5.25. The monoisotopic (exact) mass is 288 g/mol. The number of hydrogen-bond donors (Lipinski definition) is 0. The molecule has 2 rings (SSSR count). The van der Waals surface area contributed by atoms with E-state index in [4.69, 9.17) is 4.74 Å². The van der Waals surface area contributed by atoms with E-state index >= 15 is 0 Å². The van der Waals surface area contributed by atoms with E-state index < -0.39 is 8.07 Å². The number of ether oxygens (including phenoxy) is 1. The summed E-state index contributed by atoms with van der Waals surface area (Å²) in [6.45, 7) is 9.50. The Labute approximate surface area is 125 Å². The quantitative estimate of drug-likeness (QED) is 0.664. The average molecular weight is 289 g/mol. The van der Waals surface area contributed by atoms with Crippen LogP contribution in [-0.4, -0.2) is 14.2 Å². The Morgan fingerprint density at radius 3 is 2.45 bits per heavy atom. The lowest BCUT2D eigenvalue weighted by Gasteiger charge is -2.33. The van der Waals surface area contributed by atoms with Crippen LogP contribution in [0.3, 0.4) is 0 Å². The molecule has 2 heteroatoms. The third-order valence-electron chi connectivity index (χ3n) is 3.71. The Morgan fingerprint density at radius 1 is 1.15 bits per heavy atom. The van der Waals surface area contributed by atoms with Crippen LogP contribution >= 0.6 is 0 Å². The van der Waals surface area contributed by atoms with Crippen LogP contribution in [0.15, 0.2) is 41.6 Å². The van der Waals surface area contributed by atoms with Crippen molar-refractivity contribution in [3.05, 3.63) is 47.2 Å². The third-order valence-corrected chi connectivity index (χ3v) is 4.99. The standard InChI is InChI=1S/C18H28OSi/c1-5-9-17-12-15(14-20(2,3)4)13-18(19-17)16-10-7-6-8-11-16/h6-8,10-11,14,17-18H,5,9,12-13H2,1-4H3/b15-14+/t17-,18-/m0/s1. The van der Waals surface area contributed by atoms with Gasteiger partial charge in [-0.15, -0.1) is 0 Å². The van der Waals surface area contributed by atoms with Gasteiger partial charge in [-0.1, -0.05) is 74.6 Å². The molecule has 0 saturated carbocycles. The van der Waals surface area contributed by atoms with Crippen LogP contribution in [-0.2, 0) is 4.74 Å². The topological polar surface area (TPSA) is 9.23 Å². The Balaban J connectivity index is 2.19. The van der Waals surface area contributed by atoms with E-state index in [0.29, 0.717) is 6.10 Å². The van der Waals surface area contributed by atoms with Crippen molar-refractivity contribution >= 4 is 8.07 Å². The first-order chi connectivity index (χ1) is 9.48. The van der Waals surface area contributed by atoms with Crippen LogP contribution in [0.5, 0.6) is 0 Å². The molecule has 1 heterocycles. The van der Waals surface area contributed by atoms with Crippen LogP contribution in [0.1, 0.15) is 44.3 Å². The maximum Gasteiger partial charge on any atom is 0.0865 e. The number of hydrogen-bond acceptors (Lipinski definition) is 1. The summed E-state index contributed by atoms with van der Waals surface area (Å²) in [5, 5.41) is 0. The van der Waals surface area contributed by atoms with Crippen LogP contribution in [0.25, 0.3) is 0 Å². The van der Waals surface area contributed by atoms with E-state index in [1.807, 2.05) is 0 Å². The van der Waals surface area contributed by atoms with Crippen LogP contribution in [0.4, 0.5) is 0 Å². The predicted molar refractivity (Wildman–Crippen MR) is 89.6 cm³/mol. The summed E-state index contributed by atoms with van der Waals surface area (Å²) in [5.74, 6) is 0. The Morgan fingerprint density at radius 2 is 1.85 bits per heavy atom. The van der Waals surface area contributed by atoms with Gasteiger partial charge in [0.15, 0.2) is 0 Å². The molecule has 0 spiro atoms. The molecule has 1 aromatic carbocycles. The molecular formula is C18H28OSi. The van der Waals surface area contributed by atoms with Crippen molar-refractivity contribution in [1.29, 1.82) is 0 Å². The van der Waals surface area contributed by atoms with Crippen molar-refractivity contribution in [3.63, 3.8) is 0 Å². The van der Waals surface area contributed by atoms with E-state index in [9.17, 15) is 0 Å². The van der Waals surface area contributed by atoms with Gasteiger partial charge in [-0.05, 0) is 24.8 Å². The maximum absolute atomic E-state index is 6.33. The lowest BCUT2D eigenvalue weighted by molar-refractivity contribution is -0.0367. The van der Waals surface area contributed by atoms with Gasteiger partial charge in [0.25, 0.3) is 0 Å². The molecule has 1 aromatic rings. The predicted octanol–water partition coefficient (Wildman–Crippen LogP) is 5.51. The summed E-state index contributed by atoms with van der Waals surface area (Å²) in [6, 6.07) is 10.7. The first-order valence-corrected chi connectivity index (χ1v) is 11.5. The van der Waals surface area contributed by atoms with Gasteiger partial charge in [0.2, 0.25) is 0 Å². The Kier molecular flexibility index (Phi) is 5.22. The highest BCUT2D eigenvalue weighted by atomic mass is 28.3. The molecule has 1 nitrogen and oxygen atoms in total. The first kappa shape index (κ1) is 15.5. The van der Waals surface area contributed by atoms with E-state index in [0.717, 1.165) is 12.8 Å². The molecule has 2 atom stereocenters. The minimum Gasteiger partial charge on any atom is -0.370 e. The molecule has 20 heavy (non-hydrogen) atoms. The molecule has 0 radical (unpaired) electrons. The summed E-state index contributed by atoms with van der Waals surface area (Å²) in [4.78, 5) is 0. The molecule has 0 unspecified atom stereocenters. The lowest BCUT2D eigenvalue weighted by atomic mass is 9.93. The normalized spacial score (nSPS) is 25.9. The van der Waals surface area contributed by atoms with Crippen molar-refractivity contribution in [3.8, 4) is 0 Å². The Bertz CT molecular complexity index is 444. The molecule has 1 aliphatic heterocycles. The Hall–Kier alpha value is -0.863. The van der Waals surface area contributed by atoms with Gasteiger partial charge in [-0.25, -0.2) is 0 Å². The molecule has 0 bridgehead atoms. The van der Waals surface area contributed by atoms with Crippen molar-refractivity contribution < 1.29 is 4.74 Å². The first-order valence-electron chi connectivity index (χ1n) is 7.89. The second kappa shape index (κ2) is 6.73. The summed E-state index contributed by atoms with van der Waals surface area (Å²) < 4.78 is 6.33. The average Bonchev–Trinajstić information content (AvgIpc) is 2.38. The van der Waals surface area contributed by atoms with Gasteiger partial charge >= 0.3 is 0 Å². The van der Waals surface area contributed by atoms with Gasteiger partial charge in [0, 0.05) is 0 Å². The largest absolute Gasteiger partial charge is 0.370 e. The number of rotatable bonds is 4. The molecule has 1 fully saturated rings. The summed E-state index contributed by atoms with van der Waals surface area (Å²) in [7, 11) is -1.15. The summed E-state index contributed by atoms with van der Waals surface area (Å²) in [5.41, 5.74) is 5.55. The van der Waals surface area contributed by atoms with Gasteiger partial charge in [0.1, 0.15) is 0 Å². The van der Waals surface area contributed by atoms with Crippen molar-refractivity contribution in [2.75, 3.05) is 0 Å². The van der Waals surface area contributed by atoms with Crippen molar-refractivity contribution in [2.24, 2.45) is 0 Å². The fourth-order valence-electron chi connectivity index (χ4n) is 3.03. The molecule has 1 saturated heterocycles. The lowest BCUT2D eigenvalue weighted by Crippen LogP contribution is -2.26. The van der Waals surface area contributed by atoms with Crippen LogP contribution < -0.4 is 0 Å². The second-order valence-electron chi connectivity index (χ2n) is 7.02. The highest BCUT2D eigenvalue weighted by Gasteiger charge is 2.27. The van der Waals surface area contributed by atoms with Crippen molar-refractivity contribution in [1.82, 2.24) is 0 Å². The SMILES string of the molecule is CCC[C@H]1C/C(=C\[Si](C)(C)C)C[C@@H](c2ccccc2)O1. The third kappa shape index (κ3) is 4.60. The minimum atomic E-state index is -1.15. The van der Waals surface area contributed by atoms with E-state index in [1.165, 1.54) is 18.4 Å². The van der Waals surface area contributed by atoms with Gasteiger partial charge in [-0.2, -0.15) is 0 Å². The highest BCUT2D eigenvalue weighted by Crippen LogP contribution is 2.36. The van der Waals surface area contributed by atoms with Gasteiger partial charge in [0.05, 0.1) is 20.3 Å². The fraction of sp³-hybridized carbons (Fsp3) is 0.556.